The third kappa shape index (κ3) is 2.32. The minimum atomic E-state index is -0.406. The zero-order valence-electron chi connectivity index (χ0n) is 10.4. The van der Waals surface area contributed by atoms with E-state index >= 15 is 0 Å². The van der Waals surface area contributed by atoms with Gasteiger partial charge in [0, 0.05) is 19.1 Å². The molecular formula is C12H22N2O2. The SMILES string of the molecule is CC(C)(C)OC(=O)N1C[C@H]2CC[C@H](N)[C@@H]2C1. The zero-order valence-corrected chi connectivity index (χ0v) is 10.4. The number of hydrogen-bond acceptors (Lipinski definition) is 3. The Kier molecular flexibility index (Phi) is 2.86. The van der Waals surface area contributed by atoms with Gasteiger partial charge in [-0.3, -0.25) is 0 Å². The topological polar surface area (TPSA) is 55.6 Å². The summed E-state index contributed by atoms with van der Waals surface area (Å²) in [5.41, 5.74) is 5.62. The van der Waals surface area contributed by atoms with E-state index in [1.54, 1.807) is 0 Å². The van der Waals surface area contributed by atoms with E-state index in [4.69, 9.17) is 10.5 Å². The fraction of sp³-hybridized carbons (Fsp3) is 0.917. The smallest absolute Gasteiger partial charge is 0.410 e. The highest BCUT2D eigenvalue weighted by molar-refractivity contribution is 5.68. The lowest BCUT2D eigenvalue weighted by molar-refractivity contribution is 0.0279. The molecule has 0 radical (unpaired) electrons. The lowest BCUT2D eigenvalue weighted by Crippen LogP contribution is -2.37. The van der Waals surface area contributed by atoms with Crippen molar-refractivity contribution in [3.63, 3.8) is 0 Å². The molecule has 92 valence electrons. The summed E-state index contributed by atoms with van der Waals surface area (Å²) in [6.07, 6.45) is 2.08. The molecule has 16 heavy (non-hydrogen) atoms. The molecule has 1 aliphatic carbocycles. The van der Waals surface area contributed by atoms with E-state index in [9.17, 15) is 4.79 Å². The Bertz CT molecular complexity index is 285. The summed E-state index contributed by atoms with van der Waals surface area (Å²) in [7, 11) is 0. The van der Waals surface area contributed by atoms with Gasteiger partial charge in [-0.1, -0.05) is 0 Å². The Balaban J connectivity index is 1.92. The van der Waals surface area contributed by atoms with Gasteiger partial charge < -0.3 is 15.4 Å². The van der Waals surface area contributed by atoms with E-state index < -0.39 is 5.60 Å². The van der Waals surface area contributed by atoms with Gasteiger partial charge in [-0.05, 0) is 45.4 Å². The van der Waals surface area contributed by atoms with Crippen LogP contribution in [0.2, 0.25) is 0 Å². The molecule has 2 fully saturated rings. The molecule has 0 aromatic heterocycles. The molecular weight excluding hydrogens is 204 g/mol. The molecule has 1 amide bonds. The zero-order chi connectivity index (χ0) is 11.9. The number of carbonyl (C=O) groups excluding carboxylic acids is 1. The van der Waals surface area contributed by atoms with Crippen molar-refractivity contribution in [3.8, 4) is 0 Å². The number of rotatable bonds is 0. The minimum Gasteiger partial charge on any atom is -0.444 e. The first-order chi connectivity index (χ1) is 7.37. The predicted octanol–water partition coefficient (Wildman–Crippen LogP) is 1.59. The fourth-order valence-corrected chi connectivity index (χ4v) is 2.78. The molecule has 1 saturated carbocycles. The Hall–Kier alpha value is -0.770. The van der Waals surface area contributed by atoms with Crippen LogP contribution in [0.5, 0.6) is 0 Å². The highest BCUT2D eigenvalue weighted by Crippen LogP contribution is 2.37. The first-order valence-corrected chi connectivity index (χ1v) is 6.10. The van der Waals surface area contributed by atoms with Gasteiger partial charge in [-0.25, -0.2) is 4.79 Å². The molecule has 0 bridgehead atoms. The molecule has 1 saturated heterocycles. The number of nitrogens with two attached hydrogens (primary N) is 1. The molecule has 3 atom stereocenters. The Morgan fingerprint density at radius 2 is 2.00 bits per heavy atom. The molecule has 2 N–H and O–H groups in total. The number of likely N-dealkylation sites (tertiary alicyclic amines) is 1. The number of ether oxygens (including phenoxy) is 1. The quantitative estimate of drug-likeness (QED) is 0.682. The number of amides is 1. The van der Waals surface area contributed by atoms with Gasteiger partial charge in [-0.15, -0.1) is 0 Å². The molecule has 2 rings (SSSR count). The number of hydrogen-bond donors (Lipinski definition) is 1. The molecule has 4 heteroatoms. The van der Waals surface area contributed by atoms with E-state index in [0.29, 0.717) is 11.8 Å². The highest BCUT2D eigenvalue weighted by atomic mass is 16.6. The second-order valence-corrected chi connectivity index (χ2v) is 6.05. The second-order valence-electron chi connectivity index (χ2n) is 6.05. The van der Waals surface area contributed by atoms with Gasteiger partial charge in [0.15, 0.2) is 0 Å². The van der Waals surface area contributed by atoms with Gasteiger partial charge >= 0.3 is 6.09 Å². The summed E-state index contributed by atoms with van der Waals surface area (Å²) in [5, 5.41) is 0. The summed E-state index contributed by atoms with van der Waals surface area (Å²) in [6.45, 7) is 7.29. The average Bonchev–Trinajstić information content (AvgIpc) is 2.65. The summed E-state index contributed by atoms with van der Waals surface area (Å²) in [4.78, 5) is 13.7. The van der Waals surface area contributed by atoms with Crippen LogP contribution in [0, 0.1) is 11.8 Å². The third-order valence-corrected chi connectivity index (χ3v) is 3.56. The van der Waals surface area contributed by atoms with Crippen LogP contribution >= 0.6 is 0 Å². The monoisotopic (exact) mass is 226 g/mol. The van der Waals surface area contributed by atoms with Crippen LogP contribution in [-0.4, -0.2) is 35.7 Å². The average molecular weight is 226 g/mol. The van der Waals surface area contributed by atoms with Crippen molar-refractivity contribution in [3.05, 3.63) is 0 Å². The van der Waals surface area contributed by atoms with Gasteiger partial charge in [-0.2, -0.15) is 0 Å². The Morgan fingerprint density at radius 1 is 1.31 bits per heavy atom. The minimum absolute atomic E-state index is 0.186. The van der Waals surface area contributed by atoms with Crippen LogP contribution in [0.25, 0.3) is 0 Å². The van der Waals surface area contributed by atoms with E-state index in [1.807, 2.05) is 25.7 Å². The number of nitrogens with zero attached hydrogens (tertiary/aromatic N) is 1. The standard InChI is InChI=1S/C12H22N2O2/c1-12(2,3)16-11(15)14-6-8-4-5-10(13)9(8)7-14/h8-10H,4-7,13H2,1-3H3/t8-,9-,10+/m1/s1. The molecule has 0 aromatic rings. The summed E-state index contributed by atoms with van der Waals surface area (Å²) in [6, 6.07) is 0.275. The van der Waals surface area contributed by atoms with Crippen molar-refractivity contribution in [2.75, 3.05) is 13.1 Å². The van der Waals surface area contributed by atoms with Crippen LogP contribution in [0.1, 0.15) is 33.6 Å². The first-order valence-electron chi connectivity index (χ1n) is 6.10. The maximum atomic E-state index is 11.9. The third-order valence-electron chi connectivity index (χ3n) is 3.56. The molecule has 1 heterocycles. The van der Waals surface area contributed by atoms with Crippen LogP contribution < -0.4 is 5.73 Å². The summed E-state index contributed by atoms with van der Waals surface area (Å²) < 4.78 is 5.37. The summed E-state index contributed by atoms with van der Waals surface area (Å²) >= 11 is 0. The predicted molar refractivity (Wildman–Crippen MR) is 62.0 cm³/mol. The van der Waals surface area contributed by atoms with Crippen molar-refractivity contribution in [1.82, 2.24) is 4.90 Å². The lowest BCUT2D eigenvalue weighted by atomic mass is 9.98. The van der Waals surface area contributed by atoms with Crippen molar-refractivity contribution in [1.29, 1.82) is 0 Å². The Labute approximate surface area is 97.1 Å². The normalized spacial score (nSPS) is 34.0. The Morgan fingerprint density at radius 3 is 2.56 bits per heavy atom. The van der Waals surface area contributed by atoms with E-state index in [2.05, 4.69) is 0 Å². The van der Waals surface area contributed by atoms with E-state index in [1.165, 1.54) is 0 Å². The van der Waals surface area contributed by atoms with Crippen molar-refractivity contribution < 1.29 is 9.53 Å². The molecule has 0 spiro atoms. The van der Waals surface area contributed by atoms with Crippen molar-refractivity contribution in [2.45, 2.75) is 45.3 Å². The molecule has 0 aromatic carbocycles. The maximum absolute atomic E-state index is 11.9. The van der Waals surface area contributed by atoms with Crippen molar-refractivity contribution >= 4 is 6.09 Å². The van der Waals surface area contributed by atoms with E-state index in [-0.39, 0.29) is 12.1 Å². The fourth-order valence-electron chi connectivity index (χ4n) is 2.78. The maximum Gasteiger partial charge on any atom is 0.410 e. The summed E-state index contributed by atoms with van der Waals surface area (Å²) in [5.74, 6) is 1.09. The second kappa shape index (κ2) is 3.91. The lowest BCUT2D eigenvalue weighted by Gasteiger charge is -2.25. The van der Waals surface area contributed by atoms with Crippen molar-refractivity contribution in [2.24, 2.45) is 17.6 Å². The number of carbonyl (C=O) groups is 1. The molecule has 0 unspecified atom stereocenters. The van der Waals surface area contributed by atoms with E-state index in [0.717, 1.165) is 25.9 Å². The van der Waals surface area contributed by atoms with Crippen LogP contribution in [0.3, 0.4) is 0 Å². The highest BCUT2D eigenvalue weighted by Gasteiger charge is 2.43. The van der Waals surface area contributed by atoms with Gasteiger partial charge in [0.25, 0.3) is 0 Å². The van der Waals surface area contributed by atoms with Crippen LogP contribution in [0.4, 0.5) is 4.79 Å². The van der Waals surface area contributed by atoms with Crippen LogP contribution in [0.15, 0.2) is 0 Å². The van der Waals surface area contributed by atoms with Crippen LogP contribution in [-0.2, 0) is 4.74 Å². The molecule has 2 aliphatic rings. The van der Waals surface area contributed by atoms with Gasteiger partial charge in [0.1, 0.15) is 5.60 Å². The van der Waals surface area contributed by atoms with Gasteiger partial charge in [0.05, 0.1) is 0 Å². The van der Waals surface area contributed by atoms with Gasteiger partial charge in [0.2, 0.25) is 0 Å². The largest absolute Gasteiger partial charge is 0.444 e. The molecule has 4 nitrogen and oxygen atoms in total. The number of fused-ring (bicyclic) bond motifs is 1. The molecule has 1 aliphatic heterocycles. The first kappa shape index (κ1) is 11.7.